The zero-order valence-electron chi connectivity index (χ0n) is 11.4. The highest BCUT2D eigenvalue weighted by atomic mass is 16.2. The van der Waals surface area contributed by atoms with E-state index in [2.05, 4.69) is 12.2 Å². The molecule has 1 amide bonds. The van der Waals surface area contributed by atoms with E-state index in [-0.39, 0.29) is 11.9 Å². The van der Waals surface area contributed by atoms with Crippen LogP contribution in [0.3, 0.4) is 0 Å². The first-order valence-corrected chi connectivity index (χ1v) is 6.73. The Balaban J connectivity index is 2.37. The van der Waals surface area contributed by atoms with Crippen LogP contribution in [0.5, 0.6) is 0 Å². The molecular weight excluding hydrogens is 224 g/mol. The van der Waals surface area contributed by atoms with Gasteiger partial charge >= 0.3 is 0 Å². The summed E-state index contributed by atoms with van der Waals surface area (Å²) in [7, 11) is 0. The highest BCUT2D eigenvalue weighted by Gasteiger charge is 2.15. The number of amides is 1. The summed E-state index contributed by atoms with van der Waals surface area (Å²) in [5.41, 5.74) is 7.01. The summed E-state index contributed by atoms with van der Waals surface area (Å²) < 4.78 is 0. The van der Waals surface area contributed by atoms with Gasteiger partial charge in [0.2, 0.25) is 5.91 Å². The number of unbranched alkanes of at least 4 members (excludes halogenated alkanes) is 1. The Morgan fingerprint density at radius 3 is 2.61 bits per heavy atom. The largest absolute Gasteiger partial charge is 0.352 e. The molecule has 100 valence electrons. The number of hydrogen-bond donors (Lipinski definition) is 2. The normalized spacial score (nSPS) is 13.9. The molecule has 18 heavy (non-hydrogen) atoms. The highest BCUT2D eigenvalue weighted by molar-refractivity contribution is 5.82. The molecule has 0 aliphatic heterocycles. The molecule has 1 unspecified atom stereocenters. The van der Waals surface area contributed by atoms with E-state index in [1.54, 1.807) is 0 Å². The molecule has 0 saturated carbocycles. The maximum atomic E-state index is 11.9. The van der Waals surface area contributed by atoms with Crippen LogP contribution in [0.25, 0.3) is 0 Å². The fourth-order valence-corrected chi connectivity index (χ4v) is 1.89. The van der Waals surface area contributed by atoms with Gasteiger partial charge in [0, 0.05) is 6.04 Å². The van der Waals surface area contributed by atoms with Gasteiger partial charge < -0.3 is 11.1 Å². The van der Waals surface area contributed by atoms with Gasteiger partial charge in [-0.05, 0) is 25.3 Å². The molecule has 3 N–H and O–H groups in total. The third kappa shape index (κ3) is 5.32. The SMILES string of the molecule is CCCCC(C)NC(=O)[C@@H](N)Cc1ccccc1. The molecule has 1 aromatic rings. The lowest BCUT2D eigenvalue weighted by atomic mass is 10.1. The van der Waals surface area contributed by atoms with Crippen molar-refractivity contribution in [2.24, 2.45) is 5.73 Å². The van der Waals surface area contributed by atoms with Crippen LogP contribution < -0.4 is 11.1 Å². The van der Waals surface area contributed by atoms with Crippen molar-refractivity contribution in [2.75, 3.05) is 0 Å². The summed E-state index contributed by atoms with van der Waals surface area (Å²) >= 11 is 0. The smallest absolute Gasteiger partial charge is 0.237 e. The van der Waals surface area contributed by atoms with E-state index < -0.39 is 6.04 Å². The number of hydrogen-bond acceptors (Lipinski definition) is 2. The van der Waals surface area contributed by atoms with Crippen LogP contribution in [0.15, 0.2) is 30.3 Å². The average molecular weight is 248 g/mol. The van der Waals surface area contributed by atoms with Crippen molar-refractivity contribution in [2.45, 2.75) is 51.6 Å². The average Bonchev–Trinajstić information content (AvgIpc) is 2.37. The number of rotatable bonds is 7. The Kier molecular flexibility index (Phi) is 6.44. The number of carbonyl (C=O) groups excluding carboxylic acids is 1. The first-order chi connectivity index (χ1) is 8.63. The molecule has 0 saturated heterocycles. The molecule has 0 aliphatic carbocycles. The minimum atomic E-state index is -0.462. The van der Waals surface area contributed by atoms with E-state index >= 15 is 0 Å². The summed E-state index contributed by atoms with van der Waals surface area (Å²) in [5, 5.41) is 2.97. The van der Waals surface area contributed by atoms with Crippen molar-refractivity contribution >= 4 is 5.91 Å². The van der Waals surface area contributed by atoms with Gasteiger partial charge in [0.05, 0.1) is 6.04 Å². The molecule has 0 heterocycles. The number of nitrogens with one attached hydrogen (secondary N) is 1. The first-order valence-electron chi connectivity index (χ1n) is 6.73. The van der Waals surface area contributed by atoms with Crippen LogP contribution in [0.2, 0.25) is 0 Å². The number of carbonyl (C=O) groups is 1. The summed E-state index contributed by atoms with van der Waals surface area (Å²) in [4.78, 5) is 11.9. The third-order valence-corrected chi connectivity index (χ3v) is 3.01. The minimum Gasteiger partial charge on any atom is -0.352 e. The van der Waals surface area contributed by atoms with Gasteiger partial charge in [0.25, 0.3) is 0 Å². The Bertz CT molecular complexity index is 351. The van der Waals surface area contributed by atoms with Crippen LogP contribution >= 0.6 is 0 Å². The molecule has 0 aliphatic rings. The molecule has 0 fully saturated rings. The fourth-order valence-electron chi connectivity index (χ4n) is 1.89. The summed E-state index contributed by atoms with van der Waals surface area (Å²) in [5.74, 6) is -0.0533. The van der Waals surface area contributed by atoms with Crippen molar-refractivity contribution in [3.8, 4) is 0 Å². The van der Waals surface area contributed by atoms with Crippen molar-refractivity contribution in [1.29, 1.82) is 0 Å². The fraction of sp³-hybridized carbons (Fsp3) is 0.533. The second-order valence-corrected chi connectivity index (χ2v) is 4.85. The molecular formula is C15H24N2O. The lowest BCUT2D eigenvalue weighted by Gasteiger charge is -2.17. The number of benzene rings is 1. The van der Waals surface area contributed by atoms with E-state index in [1.807, 2.05) is 37.3 Å². The minimum absolute atomic E-state index is 0.0533. The molecule has 1 aromatic carbocycles. The van der Waals surface area contributed by atoms with Crippen molar-refractivity contribution in [3.05, 3.63) is 35.9 Å². The van der Waals surface area contributed by atoms with Crippen LogP contribution in [0, 0.1) is 0 Å². The first kappa shape index (κ1) is 14.7. The maximum absolute atomic E-state index is 11.9. The molecule has 0 radical (unpaired) electrons. The summed E-state index contributed by atoms with van der Waals surface area (Å²) in [6, 6.07) is 9.62. The summed E-state index contributed by atoms with van der Waals surface area (Å²) in [6.07, 6.45) is 3.89. The lowest BCUT2D eigenvalue weighted by molar-refractivity contribution is -0.123. The Morgan fingerprint density at radius 2 is 2.00 bits per heavy atom. The topological polar surface area (TPSA) is 55.1 Å². The van der Waals surface area contributed by atoms with Crippen LogP contribution in [-0.4, -0.2) is 18.0 Å². The molecule has 2 atom stereocenters. The van der Waals surface area contributed by atoms with E-state index in [9.17, 15) is 4.79 Å². The standard InChI is InChI=1S/C15H24N2O/c1-3-4-8-12(2)17-15(18)14(16)11-13-9-6-5-7-10-13/h5-7,9-10,12,14H,3-4,8,11,16H2,1-2H3,(H,17,18)/t12?,14-/m0/s1. The van der Waals surface area contributed by atoms with Crippen LogP contribution in [-0.2, 0) is 11.2 Å². The summed E-state index contributed by atoms with van der Waals surface area (Å²) in [6.45, 7) is 4.18. The lowest BCUT2D eigenvalue weighted by Crippen LogP contribution is -2.45. The van der Waals surface area contributed by atoms with E-state index in [0.29, 0.717) is 6.42 Å². The number of nitrogens with two attached hydrogens (primary N) is 1. The highest BCUT2D eigenvalue weighted by Crippen LogP contribution is 2.03. The zero-order valence-corrected chi connectivity index (χ0v) is 11.4. The van der Waals surface area contributed by atoms with E-state index in [1.165, 1.54) is 0 Å². The van der Waals surface area contributed by atoms with E-state index in [4.69, 9.17) is 5.73 Å². The Labute approximate surface area is 110 Å². The van der Waals surface area contributed by atoms with E-state index in [0.717, 1.165) is 24.8 Å². The van der Waals surface area contributed by atoms with Crippen LogP contribution in [0.1, 0.15) is 38.7 Å². The predicted octanol–water partition coefficient (Wildman–Crippen LogP) is 2.25. The molecule has 0 spiro atoms. The predicted molar refractivity (Wildman–Crippen MR) is 75.3 cm³/mol. The molecule has 3 heteroatoms. The van der Waals surface area contributed by atoms with Crippen molar-refractivity contribution in [3.63, 3.8) is 0 Å². The third-order valence-electron chi connectivity index (χ3n) is 3.01. The Morgan fingerprint density at radius 1 is 1.33 bits per heavy atom. The monoisotopic (exact) mass is 248 g/mol. The van der Waals surface area contributed by atoms with Gasteiger partial charge in [-0.2, -0.15) is 0 Å². The van der Waals surface area contributed by atoms with Gasteiger partial charge in [-0.25, -0.2) is 0 Å². The Hall–Kier alpha value is -1.35. The zero-order chi connectivity index (χ0) is 13.4. The van der Waals surface area contributed by atoms with Crippen LogP contribution in [0.4, 0.5) is 0 Å². The molecule has 0 aromatic heterocycles. The van der Waals surface area contributed by atoms with Gasteiger partial charge in [-0.3, -0.25) is 4.79 Å². The maximum Gasteiger partial charge on any atom is 0.237 e. The second-order valence-electron chi connectivity index (χ2n) is 4.85. The van der Waals surface area contributed by atoms with Gasteiger partial charge in [0.1, 0.15) is 0 Å². The van der Waals surface area contributed by atoms with Crippen molar-refractivity contribution in [1.82, 2.24) is 5.32 Å². The van der Waals surface area contributed by atoms with Gasteiger partial charge in [-0.1, -0.05) is 50.1 Å². The second kappa shape index (κ2) is 7.88. The van der Waals surface area contributed by atoms with Crippen molar-refractivity contribution < 1.29 is 4.79 Å². The molecule has 0 bridgehead atoms. The quantitative estimate of drug-likeness (QED) is 0.777. The molecule has 3 nitrogen and oxygen atoms in total. The van der Waals surface area contributed by atoms with Gasteiger partial charge in [-0.15, -0.1) is 0 Å². The van der Waals surface area contributed by atoms with Gasteiger partial charge in [0.15, 0.2) is 0 Å². The molecule has 1 rings (SSSR count).